The fraction of sp³-hybridized carbons (Fsp3) is 0.357. The molecular formula is C28H27F3N8O8S5. The smallest absolute Gasteiger partial charge is 0.352 e. The van der Waals surface area contributed by atoms with Gasteiger partial charge in [-0.05, 0) is 11.5 Å². The number of pyridine rings is 1. The molecule has 52 heavy (non-hydrogen) atoms. The van der Waals surface area contributed by atoms with Crippen LogP contribution >= 0.6 is 58.0 Å². The summed E-state index contributed by atoms with van der Waals surface area (Å²) in [5, 5.41) is 45.3. The summed E-state index contributed by atoms with van der Waals surface area (Å²) in [6.07, 6.45) is -3.15. The molecule has 1 unspecified atom stereocenters. The van der Waals surface area contributed by atoms with Gasteiger partial charge < -0.3 is 31.3 Å². The van der Waals surface area contributed by atoms with E-state index in [1.165, 1.54) is 17.1 Å². The number of aromatic nitrogens is 4. The highest BCUT2D eigenvalue weighted by Crippen LogP contribution is 2.42. The summed E-state index contributed by atoms with van der Waals surface area (Å²) in [4.78, 5) is 62.3. The van der Waals surface area contributed by atoms with E-state index in [-0.39, 0.29) is 39.5 Å². The second-order valence-electron chi connectivity index (χ2n) is 11.1. The van der Waals surface area contributed by atoms with E-state index in [9.17, 15) is 47.8 Å². The van der Waals surface area contributed by atoms with Crippen molar-refractivity contribution < 1.29 is 47.8 Å². The van der Waals surface area contributed by atoms with Crippen LogP contribution in [0, 0.1) is 5.92 Å². The van der Waals surface area contributed by atoms with Gasteiger partial charge in [-0.2, -0.15) is 13.5 Å². The number of hydrogen-bond donors (Lipinski definition) is 5. The monoisotopic (exact) mass is 820 g/mol. The van der Waals surface area contributed by atoms with Gasteiger partial charge in [0, 0.05) is 35.1 Å². The molecule has 0 spiro atoms. The molecule has 0 radical (unpaired) electrons. The zero-order valence-electron chi connectivity index (χ0n) is 26.7. The first-order valence-corrected chi connectivity index (χ1v) is 19.5. The van der Waals surface area contributed by atoms with Crippen molar-refractivity contribution in [2.24, 2.45) is 11.1 Å². The quantitative estimate of drug-likeness (QED) is 0.0481. The molecule has 0 bridgehead atoms. The van der Waals surface area contributed by atoms with Crippen LogP contribution in [0.4, 0.5) is 18.3 Å². The number of nitrogens with one attached hydrogen (secondary N) is 1. The number of allylic oxidation sites excluding steroid dienone is 1. The number of nitrogens with zero attached hydrogens (tertiary/aromatic N) is 6. The van der Waals surface area contributed by atoms with Crippen LogP contribution in [-0.2, 0) is 19.2 Å². The van der Waals surface area contributed by atoms with Crippen molar-refractivity contribution in [1.82, 2.24) is 30.1 Å². The predicted octanol–water partition coefficient (Wildman–Crippen LogP) is 3.89. The molecule has 0 saturated carbocycles. The topological polar surface area (TPSA) is 235 Å². The van der Waals surface area contributed by atoms with Gasteiger partial charge in [-0.25, -0.2) is 14.2 Å². The summed E-state index contributed by atoms with van der Waals surface area (Å²) in [6, 6.07) is -0.205. The highest BCUT2D eigenvalue weighted by molar-refractivity contribution is 8.03. The number of carbonyl (C=O) groups is 3. The fourth-order valence-corrected chi connectivity index (χ4v) is 9.81. The summed E-state index contributed by atoms with van der Waals surface area (Å²) < 4.78 is 39.0. The number of thioether (sulfide) groups is 3. The number of hydrogen-bond acceptors (Lipinski definition) is 17. The Kier molecular flexibility index (Phi) is 12.4. The second kappa shape index (κ2) is 16.6. The molecule has 3 aromatic heterocycles. The average Bonchev–Trinajstić information content (AvgIpc) is 3.74. The molecule has 2 aliphatic heterocycles. The van der Waals surface area contributed by atoms with Crippen LogP contribution in [-0.4, -0.2) is 92.4 Å². The van der Waals surface area contributed by atoms with Crippen molar-refractivity contribution in [1.29, 1.82) is 0 Å². The zero-order valence-corrected chi connectivity index (χ0v) is 30.8. The maximum Gasteiger partial charge on any atom is 0.352 e. The highest BCUT2D eigenvalue weighted by Gasteiger charge is 2.54. The average molecular weight is 821 g/mol. The number of fused-ring (bicyclic) bond motifs is 1. The molecule has 2 amide bonds. The molecule has 1 fully saturated rings. The van der Waals surface area contributed by atoms with Crippen molar-refractivity contribution in [2.75, 3.05) is 23.0 Å². The molecule has 0 aromatic carbocycles. The molecule has 6 N–H and O–H groups in total. The summed E-state index contributed by atoms with van der Waals surface area (Å²) in [5.74, 6) is -5.24. The van der Waals surface area contributed by atoms with E-state index in [1.54, 1.807) is 13.8 Å². The van der Waals surface area contributed by atoms with E-state index in [0.29, 0.717) is 19.0 Å². The van der Waals surface area contributed by atoms with E-state index in [2.05, 4.69) is 25.7 Å². The van der Waals surface area contributed by atoms with Crippen LogP contribution in [0.2, 0.25) is 0 Å². The van der Waals surface area contributed by atoms with E-state index >= 15 is 0 Å². The number of carbonyl (C=O) groups excluding carboxylic acids is 2. The minimum absolute atomic E-state index is 0.00384. The number of aromatic hydroxyl groups is 1. The molecule has 2 aliphatic rings. The third-order valence-electron chi connectivity index (χ3n) is 7.22. The Bertz CT molecular complexity index is 2030. The van der Waals surface area contributed by atoms with Crippen molar-refractivity contribution in [3.05, 3.63) is 62.4 Å². The van der Waals surface area contributed by atoms with Gasteiger partial charge in [0.1, 0.15) is 28.5 Å². The van der Waals surface area contributed by atoms with Crippen molar-refractivity contribution >= 4 is 86.6 Å². The highest BCUT2D eigenvalue weighted by atomic mass is 32.2. The van der Waals surface area contributed by atoms with Crippen LogP contribution < -0.4 is 16.5 Å². The van der Waals surface area contributed by atoms with E-state index in [4.69, 9.17) is 10.6 Å². The molecule has 16 nitrogen and oxygen atoms in total. The Morgan fingerprint density at radius 3 is 2.56 bits per heavy atom. The number of carboxylic acids is 1. The summed E-state index contributed by atoms with van der Waals surface area (Å²) in [6.45, 7) is 3.38. The SMILES string of the molecule is CC(C)C(O/N=C(\C(=O)N[C@@H]1C(=O)N2C(C(=O)O)=C(CSc3nnc(SCCC(F)=C(F)F)s3)CS[C@H]12)c1csc(N)n1)c1cc(=O)c(O)cn1O. The third-order valence-corrected chi connectivity index (χ3v) is 12.5. The Labute approximate surface area is 312 Å². The normalized spacial score (nSPS) is 17.8. The number of oxime groups is 1. The molecular weight excluding hydrogens is 794 g/mol. The van der Waals surface area contributed by atoms with Gasteiger partial charge in [0.25, 0.3) is 11.8 Å². The minimum Gasteiger partial charge on any atom is -0.503 e. The molecule has 1 saturated heterocycles. The first kappa shape index (κ1) is 39.0. The van der Waals surface area contributed by atoms with Gasteiger partial charge in [0.15, 0.2) is 37.2 Å². The number of nitrogen functional groups attached to an aromatic ring is 1. The number of carboxylic acid groups (broad SMARTS) is 1. The van der Waals surface area contributed by atoms with Gasteiger partial charge >= 0.3 is 12.0 Å². The van der Waals surface area contributed by atoms with Crippen molar-refractivity contribution in [3.8, 4) is 5.75 Å². The molecule has 5 heterocycles. The number of nitrogens with two attached hydrogens (primary N) is 1. The van der Waals surface area contributed by atoms with Crippen LogP contribution in [0.5, 0.6) is 5.75 Å². The largest absolute Gasteiger partial charge is 0.503 e. The first-order valence-electron chi connectivity index (χ1n) is 14.8. The molecule has 278 valence electrons. The fourth-order valence-electron chi connectivity index (χ4n) is 4.76. The Morgan fingerprint density at radius 1 is 1.21 bits per heavy atom. The third kappa shape index (κ3) is 8.67. The van der Waals surface area contributed by atoms with Crippen LogP contribution in [0.15, 0.2) is 59.5 Å². The standard InChI is InChI=1S/C28H27F3N8O8S5/c1-10(2)20(14-5-15(40)16(41)6-38(14)46)47-37-17(13-9-50-26(32)33-13)22(42)34-18-23(43)39-19(25(44)45)11(7-49-24(18)39)8-51-28-36-35-27(52-28)48-4-3-12(29)21(30)31/h5-6,9-10,18,20,24,41,46H,3-4,7-8H2,1-2H3,(H2,32,33)(H,34,42)(H,44,45)/b37-17-/t18-,20?,24-/m1/s1. The van der Waals surface area contributed by atoms with E-state index < -0.39 is 76.4 Å². The van der Waals surface area contributed by atoms with Gasteiger partial charge in [-0.1, -0.05) is 53.9 Å². The Balaban J connectivity index is 1.29. The lowest BCUT2D eigenvalue weighted by atomic mass is 10.0. The zero-order chi connectivity index (χ0) is 37.9. The number of aliphatic carboxylic acids is 1. The number of amides is 2. The molecule has 5 rings (SSSR count). The summed E-state index contributed by atoms with van der Waals surface area (Å²) in [5.41, 5.74) is 4.69. The second-order valence-corrected chi connectivity index (χ2v) is 16.6. The van der Waals surface area contributed by atoms with Gasteiger partial charge in [-0.15, -0.1) is 33.3 Å². The lowest BCUT2D eigenvalue weighted by Crippen LogP contribution is -2.71. The first-order chi connectivity index (χ1) is 24.7. The molecule has 24 heteroatoms. The number of thiazole rings is 1. The van der Waals surface area contributed by atoms with Gasteiger partial charge in [-0.3, -0.25) is 19.3 Å². The lowest BCUT2D eigenvalue weighted by molar-refractivity contribution is -0.150. The number of anilines is 1. The summed E-state index contributed by atoms with van der Waals surface area (Å²) >= 11 is 5.55. The molecule has 0 aliphatic carbocycles. The van der Waals surface area contributed by atoms with Crippen LogP contribution in [0.25, 0.3) is 0 Å². The lowest BCUT2D eigenvalue weighted by Gasteiger charge is -2.49. The predicted molar refractivity (Wildman–Crippen MR) is 187 cm³/mol. The maximum atomic E-state index is 13.6. The Morgan fingerprint density at radius 2 is 1.92 bits per heavy atom. The maximum absolute atomic E-state index is 13.6. The number of rotatable bonds is 15. The van der Waals surface area contributed by atoms with Crippen molar-refractivity contribution in [3.63, 3.8) is 0 Å². The Hall–Kier alpha value is -4.26. The van der Waals surface area contributed by atoms with Gasteiger partial charge in [0.05, 0.1) is 6.20 Å². The van der Waals surface area contributed by atoms with E-state index in [0.717, 1.165) is 63.4 Å². The van der Waals surface area contributed by atoms with E-state index in [1.807, 2.05) is 0 Å². The van der Waals surface area contributed by atoms with Gasteiger partial charge in [0.2, 0.25) is 5.43 Å². The molecule has 3 aromatic rings. The van der Waals surface area contributed by atoms with Crippen LogP contribution in [0.3, 0.4) is 0 Å². The number of halogens is 3. The minimum atomic E-state index is -2.37. The van der Waals surface area contributed by atoms with Crippen molar-refractivity contribution in [2.45, 2.75) is 46.5 Å². The summed E-state index contributed by atoms with van der Waals surface area (Å²) in [7, 11) is 0. The number of β-lactam (4-membered cyclic amide) rings is 1. The molecule has 3 atom stereocenters. The van der Waals surface area contributed by atoms with Crippen LogP contribution in [0.1, 0.15) is 37.8 Å².